The number of benzene rings is 2. The van der Waals surface area contributed by atoms with Gasteiger partial charge in [-0.1, -0.05) is 30.0 Å². The average molecular weight is 411 g/mol. The van der Waals surface area contributed by atoms with Crippen LogP contribution in [0.4, 0.5) is 5.69 Å². The number of rotatable bonds is 6. The maximum atomic E-state index is 12.5. The molecule has 1 N–H and O–H groups in total. The smallest absolute Gasteiger partial charge is 0.344 e. The van der Waals surface area contributed by atoms with Crippen molar-refractivity contribution in [2.45, 2.75) is 6.92 Å². The van der Waals surface area contributed by atoms with E-state index in [-0.39, 0.29) is 17.9 Å². The van der Waals surface area contributed by atoms with Gasteiger partial charge in [-0.3, -0.25) is 0 Å². The van der Waals surface area contributed by atoms with E-state index in [1.807, 2.05) is 36.4 Å². The molecule has 0 aromatic heterocycles. The summed E-state index contributed by atoms with van der Waals surface area (Å²) in [6.45, 7) is 1.91. The van der Waals surface area contributed by atoms with Crippen LogP contribution >= 0.6 is 11.8 Å². The molecule has 0 radical (unpaired) electrons. The summed E-state index contributed by atoms with van der Waals surface area (Å²) in [6.07, 6.45) is 1.74. The lowest BCUT2D eigenvalue weighted by molar-refractivity contribution is -0.138. The average Bonchev–Trinajstić information content (AvgIpc) is 3.04. The number of methoxy groups -OCH3 is 2. The van der Waals surface area contributed by atoms with Gasteiger partial charge in [-0.2, -0.15) is 0 Å². The van der Waals surface area contributed by atoms with Crippen LogP contribution in [0.1, 0.15) is 12.5 Å². The van der Waals surface area contributed by atoms with Crippen LogP contribution in [0.25, 0.3) is 6.08 Å². The molecule has 150 valence electrons. The molecular formula is C22H21NO5S. The topological polar surface area (TPSA) is 77.4 Å². The highest BCUT2D eigenvalue weighted by Crippen LogP contribution is 2.41. The van der Waals surface area contributed by atoms with Crippen molar-refractivity contribution in [3.63, 3.8) is 0 Å². The van der Waals surface area contributed by atoms with Crippen LogP contribution in [-0.4, -0.2) is 36.9 Å². The number of aliphatic hydroxyl groups is 1. The Morgan fingerprint density at radius 2 is 1.90 bits per heavy atom. The summed E-state index contributed by atoms with van der Waals surface area (Å²) in [5.41, 5.74) is 1.46. The van der Waals surface area contributed by atoms with Crippen LogP contribution in [-0.2, 0) is 9.53 Å². The monoisotopic (exact) mass is 411 g/mol. The molecule has 6 nitrogen and oxygen atoms in total. The number of aliphatic imine (C=N–C) groups is 1. The summed E-state index contributed by atoms with van der Waals surface area (Å²) < 4.78 is 15.8. The van der Waals surface area contributed by atoms with Crippen molar-refractivity contribution in [3.05, 3.63) is 70.3 Å². The van der Waals surface area contributed by atoms with E-state index in [0.717, 1.165) is 5.56 Å². The van der Waals surface area contributed by atoms with Crippen LogP contribution in [0.3, 0.4) is 0 Å². The molecule has 1 aliphatic rings. The third-order valence-electron chi connectivity index (χ3n) is 4.08. The van der Waals surface area contributed by atoms with E-state index < -0.39 is 5.97 Å². The lowest BCUT2D eigenvalue weighted by atomic mass is 10.1. The molecule has 2 aromatic carbocycles. The number of ether oxygens (including phenoxy) is 3. The Balaban J connectivity index is 2.06. The number of nitrogens with zero attached hydrogens (tertiary/aromatic N) is 1. The molecule has 0 saturated carbocycles. The SMILES string of the molecule is CCOC(=O)C1=C(O)/C(=C/c2ccc(OC)cc2OC)SC1=Nc1ccccc1. The summed E-state index contributed by atoms with van der Waals surface area (Å²) in [6, 6.07) is 14.6. The largest absolute Gasteiger partial charge is 0.506 e. The molecule has 1 heterocycles. The first kappa shape index (κ1) is 20.5. The van der Waals surface area contributed by atoms with Gasteiger partial charge < -0.3 is 19.3 Å². The van der Waals surface area contributed by atoms with Gasteiger partial charge in [0.05, 0.1) is 31.4 Å². The number of carbonyl (C=O) groups excluding carboxylic acids is 1. The molecule has 0 amide bonds. The predicted octanol–water partition coefficient (Wildman–Crippen LogP) is 4.90. The van der Waals surface area contributed by atoms with Crippen molar-refractivity contribution in [2.75, 3.05) is 20.8 Å². The zero-order valence-electron chi connectivity index (χ0n) is 16.3. The van der Waals surface area contributed by atoms with E-state index in [1.165, 1.54) is 11.8 Å². The third kappa shape index (κ3) is 4.63. The van der Waals surface area contributed by atoms with Gasteiger partial charge in [-0.05, 0) is 37.3 Å². The number of hydrogen-bond acceptors (Lipinski definition) is 7. The highest BCUT2D eigenvalue weighted by molar-refractivity contribution is 8.18. The van der Waals surface area contributed by atoms with Gasteiger partial charge in [0.2, 0.25) is 0 Å². The number of hydrogen-bond donors (Lipinski definition) is 1. The van der Waals surface area contributed by atoms with Gasteiger partial charge in [0.15, 0.2) is 0 Å². The van der Waals surface area contributed by atoms with E-state index in [4.69, 9.17) is 14.2 Å². The molecule has 7 heteroatoms. The summed E-state index contributed by atoms with van der Waals surface area (Å²) >= 11 is 1.20. The van der Waals surface area contributed by atoms with Crippen LogP contribution < -0.4 is 9.47 Å². The van der Waals surface area contributed by atoms with Crippen molar-refractivity contribution in [1.29, 1.82) is 0 Å². The lowest BCUT2D eigenvalue weighted by Gasteiger charge is -2.08. The Morgan fingerprint density at radius 3 is 2.55 bits per heavy atom. The van der Waals surface area contributed by atoms with E-state index in [1.54, 1.807) is 39.4 Å². The minimum Gasteiger partial charge on any atom is -0.506 e. The molecule has 0 saturated heterocycles. The second-order valence-corrected chi connectivity index (χ2v) is 6.95. The minimum atomic E-state index is -0.614. The van der Waals surface area contributed by atoms with E-state index in [9.17, 15) is 9.90 Å². The number of carbonyl (C=O) groups is 1. The van der Waals surface area contributed by atoms with Crippen LogP contribution in [0.5, 0.6) is 11.5 Å². The normalized spacial score (nSPS) is 16.4. The molecule has 0 unspecified atom stereocenters. The number of para-hydroxylation sites is 1. The van der Waals surface area contributed by atoms with Crippen LogP contribution in [0.15, 0.2) is 69.8 Å². The number of esters is 1. The Kier molecular flexibility index (Phi) is 6.61. The van der Waals surface area contributed by atoms with Gasteiger partial charge >= 0.3 is 5.97 Å². The fourth-order valence-corrected chi connectivity index (χ4v) is 3.72. The van der Waals surface area contributed by atoms with Crippen molar-refractivity contribution in [2.24, 2.45) is 4.99 Å². The van der Waals surface area contributed by atoms with Gasteiger partial charge in [-0.25, -0.2) is 9.79 Å². The lowest BCUT2D eigenvalue weighted by Crippen LogP contribution is -2.12. The zero-order chi connectivity index (χ0) is 20.8. The number of thioether (sulfide) groups is 1. The molecule has 0 atom stereocenters. The minimum absolute atomic E-state index is 0.0550. The molecule has 2 aromatic rings. The Morgan fingerprint density at radius 1 is 1.14 bits per heavy atom. The molecule has 1 aliphatic heterocycles. The summed E-state index contributed by atoms with van der Waals surface area (Å²) in [7, 11) is 3.13. The van der Waals surface area contributed by atoms with Gasteiger partial charge in [0.25, 0.3) is 0 Å². The summed E-state index contributed by atoms with van der Waals surface area (Å²) in [5.74, 6) is 0.455. The second-order valence-electron chi connectivity index (χ2n) is 5.92. The molecule has 0 spiro atoms. The Bertz CT molecular complexity index is 996. The van der Waals surface area contributed by atoms with E-state index in [0.29, 0.717) is 27.1 Å². The molecule has 0 bridgehead atoms. The first-order valence-electron chi connectivity index (χ1n) is 8.93. The zero-order valence-corrected chi connectivity index (χ0v) is 17.2. The predicted molar refractivity (Wildman–Crippen MR) is 115 cm³/mol. The van der Waals surface area contributed by atoms with Crippen molar-refractivity contribution < 1.29 is 24.1 Å². The van der Waals surface area contributed by atoms with Crippen LogP contribution in [0.2, 0.25) is 0 Å². The first-order chi connectivity index (χ1) is 14.1. The fraction of sp³-hybridized carbons (Fsp3) is 0.182. The quantitative estimate of drug-likeness (QED) is 0.682. The molecule has 0 aliphatic carbocycles. The maximum absolute atomic E-state index is 12.5. The maximum Gasteiger partial charge on any atom is 0.344 e. The van der Waals surface area contributed by atoms with Gasteiger partial charge in [0.1, 0.15) is 27.9 Å². The van der Waals surface area contributed by atoms with Crippen molar-refractivity contribution >= 4 is 34.5 Å². The summed E-state index contributed by atoms with van der Waals surface area (Å²) in [4.78, 5) is 17.5. The van der Waals surface area contributed by atoms with Crippen LogP contribution in [0, 0.1) is 0 Å². The van der Waals surface area contributed by atoms with Crippen molar-refractivity contribution in [1.82, 2.24) is 0 Å². The van der Waals surface area contributed by atoms with Gasteiger partial charge in [-0.15, -0.1) is 0 Å². The van der Waals surface area contributed by atoms with E-state index >= 15 is 0 Å². The highest BCUT2D eigenvalue weighted by atomic mass is 32.2. The molecule has 29 heavy (non-hydrogen) atoms. The van der Waals surface area contributed by atoms with Crippen molar-refractivity contribution in [3.8, 4) is 11.5 Å². The Labute approximate surface area is 173 Å². The van der Waals surface area contributed by atoms with Gasteiger partial charge in [0, 0.05) is 11.6 Å². The standard InChI is InChI=1S/C22H21NO5S/c1-4-28-22(25)19-20(24)18(29-21(19)23-15-8-6-5-7-9-15)12-14-10-11-16(26-2)13-17(14)27-3/h5-13,24H,4H2,1-3H3/b18-12-,23-21?. The van der Waals surface area contributed by atoms with E-state index in [2.05, 4.69) is 4.99 Å². The molecule has 3 rings (SSSR count). The summed E-state index contributed by atoms with van der Waals surface area (Å²) in [5, 5.41) is 11.1. The molecule has 0 fully saturated rings. The molecular weight excluding hydrogens is 390 g/mol. The number of aliphatic hydroxyl groups excluding tert-OH is 1. The highest BCUT2D eigenvalue weighted by Gasteiger charge is 2.33. The second kappa shape index (κ2) is 9.34. The first-order valence-corrected chi connectivity index (χ1v) is 9.75. The Hall–Kier alpha value is -3.19. The fourth-order valence-electron chi connectivity index (χ4n) is 2.69. The third-order valence-corrected chi connectivity index (χ3v) is 5.10.